The molecule has 0 saturated heterocycles. The van der Waals surface area contributed by atoms with E-state index in [0.29, 0.717) is 19.4 Å². The van der Waals surface area contributed by atoms with Crippen LogP contribution in [0.3, 0.4) is 0 Å². The summed E-state index contributed by atoms with van der Waals surface area (Å²) in [4.78, 5) is 14.6. The van der Waals surface area contributed by atoms with Crippen molar-refractivity contribution in [3.63, 3.8) is 0 Å². The van der Waals surface area contributed by atoms with Crippen LogP contribution < -0.4 is 0 Å². The molecule has 3 aromatic rings. The Labute approximate surface area is 153 Å². The maximum absolute atomic E-state index is 12.6. The van der Waals surface area contributed by atoms with Gasteiger partial charge in [-0.05, 0) is 47.7 Å². The van der Waals surface area contributed by atoms with Gasteiger partial charge in [0.25, 0.3) is 0 Å². The molecule has 1 amide bonds. The maximum atomic E-state index is 12.6. The molecule has 4 rings (SSSR count). The van der Waals surface area contributed by atoms with Crippen LogP contribution in [0, 0.1) is 6.92 Å². The number of aromatic amines is 1. The first kappa shape index (κ1) is 16.6. The zero-order valence-corrected chi connectivity index (χ0v) is 15.0. The number of amides is 1. The van der Waals surface area contributed by atoms with Gasteiger partial charge in [0.2, 0.25) is 5.91 Å². The Kier molecular flexibility index (Phi) is 4.57. The lowest BCUT2D eigenvalue weighted by Crippen LogP contribution is -2.36. The van der Waals surface area contributed by atoms with E-state index in [2.05, 4.69) is 52.7 Å². The third-order valence-electron chi connectivity index (χ3n) is 5.03. The Balaban J connectivity index is 1.45. The van der Waals surface area contributed by atoms with Gasteiger partial charge in [-0.3, -0.25) is 9.89 Å². The molecule has 2 heterocycles. The standard InChI is InChI=1S/C22H23N3O/c1-16-13-21(24-23-16)9-10-22(26)25-12-11-18-7-8-19(14-20(18)15-25)17-5-3-2-4-6-17/h2-8,13-14H,9-12,15H2,1H3,(H,23,24). The van der Waals surface area contributed by atoms with Crippen LogP contribution in [0.5, 0.6) is 0 Å². The minimum Gasteiger partial charge on any atom is -0.338 e. The fraction of sp³-hybridized carbons (Fsp3) is 0.273. The highest BCUT2D eigenvalue weighted by atomic mass is 16.2. The molecule has 0 saturated carbocycles. The van der Waals surface area contributed by atoms with Crippen LogP contribution in [0.2, 0.25) is 0 Å². The number of H-pyrrole nitrogens is 1. The number of carbonyl (C=O) groups excluding carboxylic acids is 1. The van der Waals surface area contributed by atoms with Gasteiger partial charge in [0, 0.05) is 31.6 Å². The molecule has 0 radical (unpaired) electrons. The number of hydrogen-bond acceptors (Lipinski definition) is 2. The van der Waals surface area contributed by atoms with Crippen molar-refractivity contribution >= 4 is 5.91 Å². The van der Waals surface area contributed by atoms with Crippen molar-refractivity contribution in [2.45, 2.75) is 32.7 Å². The SMILES string of the molecule is Cc1cc(CCC(=O)N2CCc3ccc(-c4ccccc4)cc3C2)n[nH]1. The van der Waals surface area contributed by atoms with E-state index in [0.717, 1.165) is 24.4 Å². The maximum Gasteiger partial charge on any atom is 0.223 e. The van der Waals surface area contributed by atoms with Crippen molar-refractivity contribution < 1.29 is 4.79 Å². The summed E-state index contributed by atoms with van der Waals surface area (Å²) >= 11 is 0. The molecule has 1 aromatic heterocycles. The quantitative estimate of drug-likeness (QED) is 0.779. The van der Waals surface area contributed by atoms with Crippen molar-refractivity contribution in [1.82, 2.24) is 15.1 Å². The highest BCUT2D eigenvalue weighted by molar-refractivity contribution is 5.77. The van der Waals surface area contributed by atoms with Gasteiger partial charge in [0.15, 0.2) is 0 Å². The molecule has 26 heavy (non-hydrogen) atoms. The van der Waals surface area contributed by atoms with Crippen LogP contribution in [0.15, 0.2) is 54.6 Å². The Morgan fingerprint density at radius 1 is 1.08 bits per heavy atom. The molecular formula is C22H23N3O. The summed E-state index contributed by atoms with van der Waals surface area (Å²) in [6.07, 6.45) is 2.13. The first-order chi connectivity index (χ1) is 12.7. The van der Waals surface area contributed by atoms with Crippen molar-refractivity contribution in [3.05, 3.63) is 77.1 Å². The predicted octanol–water partition coefficient (Wildman–Crippen LogP) is 3.90. The van der Waals surface area contributed by atoms with Gasteiger partial charge < -0.3 is 4.90 Å². The van der Waals surface area contributed by atoms with Crippen LogP contribution in [0.4, 0.5) is 0 Å². The molecule has 4 heteroatoms. The fourth-order valence-corrected chi connectivity index (χ4v) is 3.58. The molecule has 0 aliphatic carbocycles. The minimum atomic E-state index is 0.210. The van der Waals surface area contributed by atoms with Gasteiger partial charge in [0.1, 0.15) is 0 Å². The van der Waals surface area contributed by atoms with Crippen molar-refractivity contribution in [3.8, 4) is 11.1 Å². The number of aryl methyl sites for hydroxylation is 2. The summed E-state index contributed by atoms with van der Waals surface area (Å²) in [5.74, 6) is 0.210. The van der Waals surface area contributed by atoms with E-state index in [1.165, 1.54) is 22.3 Å². The Bertz CT molecular complexity index is 914. The van der Waals surface area contributed by atoms with E-state index in [1.54, 1.807) is 0 Å². The summed E-state index contributed by atoms with van der Waals surface area (Å²) in [6.45, 7) is 3.48. The van der Waals surface area contributed by atoms with Gasteiger partial charge in [-0.25, -0.2) is 0 Å². The Morgan fingerprint density at radius 3 is 2.69 bits per heavy atom. The number of nitrogens with zero attached hydrogens (tertiary/aromatic N) is 2. The number of aromatic nitrogens is 2. The van der Waals surface area contributed by atoms with Crippen molar-refractivity contribution in [2.75, 3.05) is 6.54 Å². The zero-order valence-electron chi connectivity index (χ0n) is 15.0. The molecule has 1 N–H and O–H groups in total. The second-order valence-corrected chi connectivity index (χ2v) is 6.96. The average Bonchev–Trinajstić information content (AvgIpc) is 3.11. The minimum absolute atomic E-state index is 0.210. The second kappa shape index (κ2) is 7.16. The second-order valence-electron chi connectivity index (χ2n) is 6.96. The molecule has 0 bridgehead atoms. The highest BCUT2D eigenvalue weighted by Crippen LogP contribution is 2.26. The van der Waals surface area contributed by atoms with Crippen LogP contribution in [0.25, 0.3) is 11.1 Å². The number of fused-ring (bicyclic) bond motifs is 1. The van der Waals surface area contributed by atoms with Crippen molar-refractivity contribution in [2.24, 2.45) is 0 Å². The molecule has 0 fully saturated rings. The topological polar surface area (TPSA) is 49.0 Å². The van der Waals surface area contributed by atoms with Gasteiger partial charge in [0.05, 0.1) is 5.69 Å². The zero-order chi connectivity index (χ0) is 17.9. The smallest absolute Gasteiger partial charge is 0.223 e. The van der Waals surface area contributed by atoms with Crippen LogP contribution in [-0.4, -0.2) is 27.5 Å². The van der Waals surface area contributed by atoms with E-state index < -0.39 is 0 Å². The molecule has 1 aliphatic rings. The van der Waals surface area contributed by atoms with Crippen LogP contribution >= 0.6 is 0 Å². The Hall–Kier alpha value is -2.88. The molecule has 0 atom stereocenters. The number of benzene rings is 2. The molecule has 0 unspecified atom stereocenters. The third-order valence-corrected chi connectivity index (χ3v) is 5.03. The normalized spacial score (nSPS) is 13.5. The van der Waals surface area contributed by atoms with Crippen molar-refractivity contribution in [1.29, 1.82) is 0 Å². The molecule has 1 aliphatic heterocycles. The fourth-order valence-electron chi connectivity index (χ4n) is 3.58. The van der Waals surface area contributed by atoms with E-state index in [1.807, 2.05) is 24.0 Å². The molecule has 132 valence electrons. The lowest BCUT2D eigenvalue weighted by atomic mass is 9.94. The average molecular weight is 345 g/mol. The summed E-state index contributed by atoms with van der Waals surface area (Å²) in [6, 6.07) is 19.0. The molecule has 2 aromatic carbocycles. The molecule has 4 nitrogen and oxygen atoms in total. The highest BCUT2D eigenvalue weighted by Gasteiger charge is 2.21. The first-order valence-electron chi connectivity index (χ1n) is 9.15. The van der Waals surface area contributed by atoms with Gasteiger partial charge in [-0.1, -0.05) is 42.5 Å². The van der Waals surface area contributed by atoms with E-state index in [4.69, 9.17) is 0 Å². The summed E-state index contributed by atoms with van der Waals surface area (Å²) < 4.78 is 0. The van der Waals surface area contributed by atoms with Crippen LogP contribution in [-0.2, 0) is 24.2 Å². The van der Waals surface area contributed by atoms with Crippen LogP contribution in [0.1, 0.15) is 28.9 Å². The lowest BCUT2D eigenvalue weighted by molar-refractivity contribution is -0.132. The Morgan fingerprint density at radius 2 is 1.92 bits per heavy atom. The van der Waals surface area contributed by atoms with E-state index >= 15 is 0 Å². The summed E-state index contributed by atoms with van der Waals surface area (Å²) in [7, 11) is 0. The number of nitrogens with one attached hydrogen (secondary N) is 1. The number of rotatable bonds is 4. The number of carbonyl (C=O) groups is 1. The van der Waals surface area contributed by atoms with Gasteiger partial charge >= 0.3 is 0 Å². The first-order valence-corrected chi connectivity index (χ1v) is 9.15. The van der Waals surface area contributed by atoms with E-state index in [9.17, 15) is 4.79 Å². The molecular weight excluding hydrogens is 322 g/mol. The third kappa shape index (κ3) is 3.54. The van der Waals surface area contributed by atoms with Gasteiger partial charge in [-0.2, -0.15) is 5.10 Å². The predicted molar refractivity (Wildman–Crippen MR) is 103 cm³/mol. The summed E-state index contributed by atoms with van der Waals surface area (Å²) in [5, 5.41) is 7.15. The number of hydrogen-bond donors (Lipinski definition) is 1. The summed E-state index contributed by atoms with van der Waals surface area (Å²) in [5.41, 5.74) is 7.05. The van der Waals surface area contributed by atoms with Gasteiger partial charge in [-0.15, -0.1) is 0 Å². The lowest BCUT2D eigenvalue weighted by Gasteiger charge is -2.29. The van der Waals surface area contributed by atoms with E-state index in [-0.39, 0.29) is 5.91 Å². The molecule has 0 spiro atoms. The largest absolute Gasteiger partial charge is 0.338 e. The monoisotopic (exact) mass is 345 g/mol.